The highest BCUT2D eigenvalue weighted by atomic mass is 16.3. The lowest BCUT2D eigenvalue weighted by Crippen LogP contribution is -2.37. The maximum Gasteiger partial charge on any atom is 0.0541 e. The fourth-order valence-electron chi connectivity index (χ4n) is 3.10. The fraction of sp³-hybridized carbons (Fsp3) is 0.438. The zero-order chi connectivity index (χ0) is 14.1. The molecule has 1 atom stereocenters. The molecule has 2 aromatic rings. The molecule has 3 N–H and O–H groups in total. The molecule has 0 bridgehead atoms. The number of aliphatic hydroxyl groups excluding tert-OH is 1. The van der Waals surface area contributed by atoms with Gasteiger partial charge in [0.15, 0.2) is 0 Å². The van der Waals surface area contributed by atoms with Crippen molar-refractivity contribution in [3.05, 3.63) is 30.6 Å². The first kappa shape index (κ1) is 13.2. The average molecular weight is 271 g/mol. The first-order valence-corrected chi connectivity index (χ1v) is 7.22. The standard InChI is InChI=1S/C16H21N3O/c1-11(20)12-5-8-19(9-6-12)16-3-2-15(17)13-4-7-18-10-14(13)16/h2-4,7,10-12,20H,5-6,8-9,17H2,1H3. The third-order valence-electron chi connectivity index (χ3n) is 4.39. The van der Waals surface area contributed by atoms with Crippen LogP contribution in [0, 0.1) is 5.92 Å². The van der Waals surface area contributed by atoms with Crippen LogP contribution in [0.25, 0.3) is 10.8 Å². The van der Waals surface area contributed by atoms with Gasteiger partial charge in [-0.25, -0.2) is 0 Å². The lowest BCUT2D eigenvalue weighted by molar-refractivity contribution is 0.110. The van der Waals surface area contributed by atoms with E-state index in [9.17, 15) is 5.11 Å². The molecule has 4 nitrogen and oxygen atoms in total. The summed E-state index contributed by atoms with van der Waals surface area (Å²) in [5, 5.41) is 11.9. The van der Waals surface area contributed by atoms with Crippen LogP contribution in [-0.4, -0.2) is 29.3 Å². The molecule has 1 saturated heterocycles. The highest BCUT2D eigenvalue weighted by Crippen LogP contribution is 2.33. The number of piperidine rings is 1. The molecular formula is C16H21N3O. The Balaban J connectivity index is 1.90. The van der Waals surface area contributed by atoms with E-state index in [0.717, 1.165) is 42.4 Å². The van der Waals surface area contributed by atoms with E-state index < -0.39 is 0 Å². The molecule has 1 unspecified atom stereocenters. The van der Waals surface area contributed by atoms with Crippen molar-refractivity contribution in [1.82, 2.24) is 4.98 Å². The lowest BCUT2D eigenvalue weighted by atomic mass is 9.91. The average Bonchev–Trinajstić information content (AvgIpc) is 2.48. The second-order valence-electron chi connectivity index (χ2n) is 5.66. The van der Waals surface area contributed by atoms with Gasteiger partial charge in [-0.1, -0.05) is 0 Å². The molecule has 0 amide bonds. The summed E-state index contributed by atoms with van der Waals surface area (Å²) in [6.07, 6.45) is 5.53. The molecule has 4 heteroatoms. The van der Waals surface area contributed by atoms with Gasteiger partial charge < -0.3 is 15.7 Å². The van der Waals surface area contributed by atoms with Gasteiger partial charge in [-0.2, -0.15) is 0 Å². The smallest absolute Gasteiger partial charge is 0.0541 e. The van der Waals surface area contributed by atoms with Crippen molar-refractivity contribution in [3.63, 3.8) is 0 Å². The fourth-order valence-corrected chi connectivity index (χ4v) is 3.10. The zero-order valence-electron chi connectivity index (χ0n) is 11.8. The predicted octanol–water partition coefficient (Wildman–Crippen LogP) is 2.41. The van der Waals surface area contributed by atoms with Crippen LogP contribution in [0.1, 0.15) is 19.8 Å². The molecule has 106 valence electrons. The van der Waals surface area contributed by atoms with Gasteiger partial charge >= 0.3 is 0 Å². The van der Waals surface area contributed by atoms with Gasteiger partial charge in [0.25, 0.3) is 0 Å². The number of nitrogen functional groups attached to an aromatic ring is 1. The molecule has 20 heavy (non-hydrogen) atoms. The van der Waals surface area contributed by atoms with Crippen molar-refractivity contribution in [2.45, 2.75) is 25.9 Å². The number of hydrogen-bond acceptors (Lipinski definition) is 4. The van der Waals surface area contributed by atoms with Gasteiger partial charge in [0.2, 0.25) is 0 Å². The van der Waals surface area contributed by atoms with Crippen molar-refractivity contribution in [3.8, 4) is 0 Å². The molecular weight excluding hydrogens is 250 g/mol. The lowest BCUT2D eigenvalue weighted by Gasteiger charge is -2.35. The molecule has 1 aliphatic rings. The second-order valence-corrected chi connectivity index (χ2v) is 5.66. The van der Waals surface area contributed by atoms with Crippen molar-refractivity contribution >= 4 is 22.1 Å². The van der Waals surface area contributed by atoms with E-state index in [2.05, 4.69) is 16.0 Å². The highest BCUT2D eigenvalue weighted by Gasteiger charge is 2.23. The number of hydrogen-bond donors (Lipinski definition) is 2. The third kappa shape index (κ3) is 2.31. The Morgan fingerprint density at radius 1 is 1.25 bits per heavy atom. The number of pyridine rings is 1. The molecule has 0 aliphatic carbocycles. The van der Waals surface area contributed by atoms with E-state index in [1.807, 2.05) is 25.3 Å². The molecule has 1 fully saturated rings. The molecule has 2 heterocycles. The van der Waals surface area contributed by atoms with Gasteiger partial charge in [0, 0.05) is 47.6 Å². The van der Waals surface area contributed by atoms with Crippen molar-refractivity contribution in [2.75, 3.05) is 23.7 Å². The predicted molar refractivity (Wildman–Crippen MR) is 82.8 cm³/mol. The van der Waals surface area contributed by atoms with Gasteiger partial charge in [-0.05, 0) is 43.9 Å². The van der Waals surface area contributed by atoms with Gasteiger partial charge in [-0.15, -0.1) is 0 Å². The second kappa shape index (κ2) is 5.29. The van der Waals surface area contributed by atoms with E-state index in [1.165, 1.54) is 5.69 Å². The normalized spacial score (nSPS) is 18.4. The molecule has 3 rings (SSSR count). The maximum atomic E-state index is 9.70. The van der Waals surface area contributed by atoms with Crippen LogP contribution in [0.15, 0.2) is 30.6 Å². The van der Waals surface area contributed by atoms with Crippen molar-refractivity contribution < 1.29 is 5.11 Å². The summed E-state index contributed by atoms with van der Waals surface area (Å²) in [7, 11) is 0. The van der Waals surface area contributed by atoms with E-state index >= 15 is 0 Å². The van der Waals surface area contributed by atoms with E-state index in [0.29, 0.717) is 5.92 Å². The summed E-state index contributed by atoms with van der Waals surface area (Å²) in [4.78, 5) is 6.61. The Morgan fingerprint density at radius 3 is 2.70 bits per heavy atom. The maximum absolute atomic E-state index is 9.70. The number of nitrogens with zero attached hydrogens (tertiary/aromatic N) is 2. The van der Waals surface area contributed by atoms with Crippen LogP contribution in [0.2, 0.25) is 0 Å². The Morgan fingerprint density at radius 2 is 2.00 bits per heavy atom. The molecule has 0 spiro atoms. The van der Waals surface area contributed by atoms with E-state index in [-0.39, 0.29) is 6.10 Å². The van der Waals surface area contributed by atoms with Crippen molar-refractivity contribution in [1.29, 1.82) is 0 Å². The van der Waals surface area contributed by atoms with Crippen LogP contribution in [0.3, 0.4) is 0 Å². The minimum absolute atomic E-state index is 0.207. The number of aliphatic hydroxyl groups is 1. The third-order valence-corrected chi connectivity index (χ3v) is 4.39. The number of nitrogens with two attached hydrogens (primary N) is 1. The summed E-state index contributed by atoms with van der Waals surface area (Å²) in [6, 6.07) is 6.02. The van der Waals surface area contributed by atoms with Crippen molar-refractivity contribution in [2.24, 2.45) is 5.92 Å². The van der Waals surface area contributed by atoms with E-state index in [4.69, 9.17) is 5.73 Å². The van der Waals surface area contributed by atoms with Crippen LogP contribution < -0.4 is 10.6 Å². The zero-order valence-corrected chi connectivity index (χ0v) is 11.8. The van der Waals surface area contributed by atoms with Crippen LogP contribution in [-0.2, 0) is 0 Å². The number of anilines is 2. The SMILES string of the molecule is CC(O)C1CCN(c2ccc(N)c3ccncc23)CC1. The Bertz CT molecular complexity index is 604. The summed E-state index contributed by atoms with van der Waals surface area (Å²) < 4.78 is 0. The summed E-state index contributed by atoms with van der Waals surface area (Å²) in [5.41, 5.74) is 8.03. The largest absolute Gasteiger partial charge is 0.398 e. The summed E-state index contributed by atoms with van der Waals surface area (Å²) >= 11 is 0. The minimum atomic E-state index is -0.207. The number of rotatable bonds is 2. The van der Waals surface area contributed by atoms with Crippen LogP contribution in [0.5, 0.6) is 0 Å². The first-order valence-electron chi connectivity index (χ1n) is 7.22. The Kier molecular flexibility index (Phi) is 3.49. The topological polar surface area (TPSA) is 62.4 Å². The Labute approximate surface area is 119 Å². The number of fused-ring (bicyclic) bond motifs is 1. The molecule has 0 saturated carbocycles. The summed E-state index contributed by atoms with van der Waals surface area (Å²) in [6.45, 7) is 3.84. The van der Waals surface area contributed by atoms with Gasteiger partial charge in [0.1, 0.15) is 0 Å². The van der Waals surface area contributed by atoms with Crippen LogP contribution >= 0.6 is 0 Å². The quantitative estimate of drug-likeness (QED) is 0.823. The molecule has 1 aromatic carbocycles. The monoisotopic (exact) mass is 271 g/mol. The van der Waals surface area contributed by atoms with E-state index in [1.54, 1.807) is 6.20 Å². The molecule has 1 aliphatic heterocycles. The molecule has 1 aromatic heterocycles. The van der Waals surface area contributed by atoms with Crippen LogP contribution in [0.4, 0.5) is 11.4 Å². The first-order chi connectivity index (χ1) is 9.66. The van der Waals surface area contributed by atoms with Gasteiger partial charge in [-0.3, -0.25) is 4.98 Å². The van der Waals surface area contributed by atoms with Gasteiger partial charge in [0.05, 0.1) is 6.10 Å². The number of aromatic nitrogens is 1. The highest BCUT2D eigenvalue weighted by molar-refractivity contribution is 6.00. The Hall–Kier alpha value is -1.81. The minimum Gasteiger partial charge on any atom is -0.398 e. The molecule has 0 radical (unpaired) electrons. The summed E-state index contributed by atoms with van der Waals surface area (Å²) in [5.74, 6) is 0.421. The number of benzene rings is 1.